The molecule has 1 amide bonds. The first kappa shape index (κ1) is 15.7. The van der Waals surface area contributed by atoms with Crippen molar-refractivity contribution in [2.75, 3.05) is 12.3 Å². The lowest BCUT2D eigenvalue weighted by Gasteiger charge is -2.04. The van der Waals surface area contributed by atoms with Crippen LogP contribution in [0.2, 0.25) is 8.67 Å². The van der Waals surface area contributed by atoms with Crippen LogP contribution in [0.1, 0.15) is 16.8 Å². The van der Waals surface area contributed by atoms with Crippen LogP contribution in [-0.4, -0.2) is 18.2 Å². The summed E-state index contributed by atoms with van der Waals surface area (Å²) >= 11 is 14.7. The lowest BCUT2D eigenvalue weighted by molar-refractivity contribution is 0.0954. The molecule has 106 valence electrons. The molecule has 6 heteroatoms. The molecule has 20 heavy (non-hydrogen) atoms. The smallest absolute Gasteiger partial charge is 0.253 e. The van der Waals surface area contributed by atoms with Crippen molar-refractivity contribution in [1.82, 2.24) is 5.32 Å². The number of nitrogens with one attached hydrogen (secondary N) is 1. The zero-order valence-electron chi connectivity index (χ0n) is 10.6. The summed E-state index contributed by atoms with van der Waals surface area (Å²) in [7, 11) is 0. The van der Waals surface area contributed by atoms with E-state index in [4.69, 9.17) is 23.2 Å². The minimum absolute atomic E-state index is 0.164. The second-order valence-electron chi connectivity index (χ2n) is 4.01. The van der Waals surface area contributed by atoms with Gasteiger partial charge in [-0.3, -0.25) is 4.79 Å². The molecule has 1 N–H and O–H groups in total. The quantitative estimate of drug-likeness (QED) is 0.591. The summed E-state index contributed by atoms with van der Waals surface area (Å²) in [5, 5.41) is 2.85. The van der Waals surface area contributed by atoms with E-state index in [0.717, 1.165) is 12.2 Å². The Balaban J connectivity index is 1.68. The summed E-state index contributed by atoms with van der Waals surface area (Å²) in [6.07, 6.45) is 0.904. The van der Waals surface area contributed by atoms with Gasteiger partial charge in [-0.2, -0.15) is 0 Å². The first-order valence-electron chi connectivity index (χ1n) is 6.07. The van der Waals surface area contributed by atoms with Gasteiger partial charge in [-0.05, 0) is 30.4 Å². The molecule has 0 aliphatic rings. The maximum absolute atomic E-state index is 11.9. The van der Waals surface area contributed by atoms with Crippen molar-refractivity contribution in [2.24, 2.45) is 0 Å². The molecule has 0 aliphatic carbocycles. The van der Waals surface area contributed by atoms with E-state index < -0.39 is 0 Å². The summed E-state index contributed by atoms with van der Waals surface area (Å²) in [5.74, 6) is 0.797. The van der Waals surface area contributed by atoms with Gasteiger partial charge >= 0.3 is 0 Å². The van der Waals surface area contributed by atoms with Gasteiger partial charge in [0.15, 0.2) is 0 Å². The maximum Gasteiger partial charge on any atom is 0.253 e. The highest BCUT2D eigenvalue weighted by Gasteiger charge is 2.13. The minimum Gasteiger partial charge on any atom is -0.352 e. The van der Waals surface area contributed by atoms with E-state index >= 15 is 0 Å². The third kappa shape index (κ3) is 4.70. The van der Waals surface area contributed by atoms with Gasteiger partial charge in [0.05, 0.1) is 9.90 Å². The molecule has 0 unspecified atom stereocenters. The lowest BCUT2D eigenvalue weighted by Crippen LogP contribution is -2.24. The number of benzene rings is 1. The van der Waals surface area contributed by atoms with Crippen molar-refractivity contribution in [2.45, 2.75) is 11.3 Å². The van der Waals surface area contributed by atoms with E-state index in [1.165, 1.54) is 16.2 Å². The molecule has 0 saturated heterocycles. The Kier molecular flexibility index (Phi) is 6.23. The monoisotopic (exact) mass is 345 g/mol. The van der Waals surface area contributed by atoms with Crippen LogP contribution in [0, 0.1) is 0 Å². The molecule has 0 fully saturated rings. The molecule has 0 bridgehead atoms. The van der Waals surface area contributed by atoms with Crippen LogP contribution in [0.4, 0.5) is 0 Å². The van der Waals surface area contributed by atoms with Gasteiger partial charge in [0.1, 0.15) is 4.34 Å². The summed E-state index contributed by atoms with van der Waals surface area (Å²) in [6, 6.07) is 11.8. The predicted molar refractivity (Wildman–Crippen MR) is 88.5 cm³/mol. The molecule has 1 aromatic heterocycles. The van der Waals surface area contributed by atoms with Crippen LogP contribution in [0.25, 0.3) is 0 Å². The fourth-order valence-corrected chi connectivity index (χ4v) is 3.90. The zero-order chi connectivity index (χ0) is 14.4. The van der Waals surface area contributed by atoms with E-state index in [-0.39, 0.29) is 5.91 Å². The molecule has 0 saturated carbocycles. The molecular weight excluding hydrogens is 333 g/mol. The predicted octanol–water partition coefficient (Wildman–Crippen LogP) is 4.97. The number of carbonyl (C=O) groups excluding carboxylic acids is 1. The van der Waals surface area contributed by atoms with Gasteiger partial charge in [-0.1, -0.05) is 41.4 Å². The van der Waals surface area contributed by atoms with E-state index in [2.05, 4.69) is 17.4 Å². The summed E-state index contributed by atoms with van der Waals surface area (Å²) in [4.78, 5) is 13.1. The van der Waals surface area contributed by atoms with E-state index in [0.29, 0.717) is 20.8 Å². The van der Waals surface area contributed by atoms with Crippen LogP contribution < -0.4 is 5.32 Å². The van der Waals surface area contributed by atoms with Gasteiger partial charge in [-0.25, -0.2) is 0 Å². The summed E-state index contributed by atoms with van der Waals surface area (Å²) in [5.41, 5.74) is 0.456. The van der Waals surface area contributed by atoms with Gasteiger partial charge < -0.3 is 5.32 Å². The van der Waals surface area contributed by atoms with Crippen molar-refractivity contribution in [3.8, 4) is 0 Å². The van der Waals surface area contributed by atoms with Crippen molar-refractivity contribution >= 4 is 52.2 Å². The highest BCUT2D eigenvalue weighted by molar-refractivity contribution is 7.99. The number of hydrogen-bond donors (Lipinski definition) is 1. The number of thioether (sulfide) groups is 1. The first-order chi connectivity index (χ1) is 9.66. The summed E-state index contributed by atoms with van der Waals surface area (Å²) < 4.78 is 0.964. The fourth-order valence-electron chi connectivity index (χ4n) is 1.57. The molecule has 0 atom stereocenters. The van der Waals surface area contributed by atoms with E-state index in [1.807, 2.05) is 18.2 Å². The first-order valence-corrected chi connectivity index (χ1v) is 8.63. The Morgan fingerprint density at radius 1 is 1.25 bits per heavy atom. The lowest BCUT2D eigenvalue weighted by atomic mass is 10.3. The van der Waals surface area contributed by atoms with Crippen LogP contribution in [0.3, 0.4) is 0 Å². The second-order valence-corrected chi connectivity index (χ2v) is 7.46. The normalized spacial score (nSPS) is 10.5. The van der Waals surface area contributed by atoms with E-state index in [1.54, 1.807) is 17.8 Å². The largest absolute Gasteiger partial charge is 0.352 e. The highest BCUT2D eigenvalue weighted by atomic mass is 35.5. The third-order valence-electron chi connectivity index (χ3n) is 2.52. The maximum atomic E-state index is 11.9. The van der Waals surface area contributed by atoms with Gasteiger partial charge in [-0.15, -0.1) is 23.1 Å². The van der Waals surface area contributed by atoms with Crippen LogP contribution >= 0.6 is 46.3 Å². The van der Waals surface area contributed by atoms with Crippen molar-refractivity contribution in [3.63, 3.8) is 0 Å². The zero-order valence-corrected chi connectivity index (χ0v) is 13.7. The van der Waals surface area contributed by atoms with Crippen LogP contribution in [-0.2, 0) is 0 Å². The number of hydrogen-bond acceptors (Lipinski definition) is 3. The Hall–Kier alpha value is -0.680. The molecule has 2 nitrogen and oxygen atoms in total. The Morgan fingerprint density at radius 2 is 2.00 bits per heavy atom. The van der Waals surface area contributed by atoms with Crippen LogP contribution in [0.5, 0.6) is 0 Å². The Morgan fingerprint density at radius 3 is 2.65 bits per heavy atom. The molecule has 0 aliphatic heterocycles. The number of halogens is 2. The molecule has 0 radical (unpaired) electrons. The summed E-state index contributed by atoms with van der Waals surface area (Å²) in [6.45, 7) is 0.627. The van der Waals surface area contributed by atoms with Crippen molar-refractivity contribution in [1.29, 1.82) is 0 Å². The SMILES string of the molecule is O=C(NCCCSc1ccccc1)c1cc(Cl)sc1Cl. The van der Waals surface area contributed by atoms with Crippen LogP contribution in [0.15, 0.2) is 41.3 Å². The number of rotatable bonds is 6. The van der Waals surface area contributed by atoms with Crippen molar-refractivity contribution in [3.05, 3.63) is 50.6 Å². The topological polar surface area (TPSA) is 29.1 Å². The second kappa shape index (κ2) is 7.93. The molecule has 1 heterocycles. The Bertz CT molecular complexity index is 572. The van der Waals surface area contributed by atoms with Gasteiger partial charge in [0.25, 0.3) is 5.91 Å². The number of carbonyl (C=O) groups is 1. The number of amides is 1. The molecule has 2 aromatic rings. The molecule has 2 rings (SSSR count). The molecule has 0 spiro atoms. The fraction of sp³-hybridized carbons (Fsp3) is 0.214. The molecular formula is C14H13Cl2NOS2. The average molecular weight is 346 g/mol. The minimum atomic E-state index is -0.164. The third-order valence-corrected chi connectivity index (χ3v) is 5.11. The van der Waals surface area contributed by atoms with E-state index in [9.17, 15) is 4.79 Å². The van der Waals surface area contributed by atoms with Gasteiger partial charge in [0.2, 0.25) is 0 Å². The molecule has 1 aromatic carbocycles. The standard InChI is InChI=1S/C14H13Cl2NOS2/c15-12-9-11(13(16)20-12)14(18)17-7-4-8-19-10-5-2-1-3-6-10/h1-3,5-6,9H,4,7-8H2,(H,17,18). The highest BCUT2D eigenvalue weighted by Crippen LogP contribution is 2.30. The van der Waals surface area contributed by atoms with Crippen molar-refractivity contribution < 1.29 is 4.79 Å². The number of thiophene rings is 1. The average Bonchev–Trinajstić information content (AvgIpc) is 2.78. The van der Waals surface area contributed by atoms with Gasteiger partial charge in [0, 0.05) is 11.4 Å². The Labute approximate surface area is 136 Å².